The number of anilines is 1. The Bertz CT molecular complexity index is 424. The van der Waals surface area contributed by atoms with Gasteiger partial charge in [0.05, 0.1) is 36.2 Å². The predicted molar refractivity (Wildman–Crippen MR) is 55.6 cm³/mol. The zero-order valence-electron chi connectivity index (χ0n) is 9.11. The molecule has 0 spiro atoms. The van der Waals surface area contributed by atoms with Gasteiger partial charge in [-0.3, -0.25) is 9.78 Å². The van der Waals surface area contributed by atoms with Crippen LogP contribution in [0.4, 0.5) is 14.5 Å². The lowest BCUT2D eigenvalue weighted by Gasteiger charge is -2.10. The van der Waals surface area contributed by atoms with Gasteiger partial charge in [0.15, 0.2) is 0 Å². The minimum atomic E-state index is -2.93. The second kappa shape index (κ2) is 5.42. The van der Waals surface area contributed by atoms with Crippen molar-refractivity contribution in [3.8, 4) is 5.75 Å². The molecule has 0 saturated carbocycles. The molecule has 1 aromatic rings. The lowest BCUT2D eigenvalue weighted by atomic mass is 10.1. The summed E-state index contributed by atoms with van der Waals surface area (Å²) >= 11 is 0. The van der Waals surface area contributed by atoms with E-state index in [-0.39, 0.29) is 24.4 Å². The maximum absolute atomic E-state index is 12.6. The number of hydrogen-bond donors (Lipinski definition) is 2. The first-order valence-electron chi connectivity index (χ1n) is 4.87. The number of hydrogen-bond acceptors (Lipinski definition) is 5. The Labute approximate surface area is 96.2 Å². The first kappa shape index (κ1) is 13.1. The predicted octanol–water partition coefficient (Wildman–Crippen LogP) is 1.41. The van der Waals surface area contributed by atoms with E-state index in [1.165, 1.54) is 0 Å². The summed E-state index contributed by atoms with van der Waals surface area (Å²) in [6.45, 7) is 1.77. The van der Waals surface area contributed by atoms with Crippen molar-refractivity contribution in [1.29, 1.82) is 0 Å². The highest BCUT2D eigenvalue weighted by atomic mass is 19.3. The molecular weight excluding hydrogens is 234 g/mol. The van der Waals surface area contributed by atoms with Crippen LogP contribution in [0.25, 0.3) is 0 Å². The van der Waals surface area contributed by atoms with E-state index in [0.717, 1.165) is 6.20 Å². The van der Waals surface area contributed by atoms with Gasteiger partial charge in [-0.2, -0.15) is 0 Å². The van der Waals surface area contributed by atoms with E-state index in [1.54, 1.807) is 6.92 Å². The van der Waals surface area contributed by atoms with Crippen LogP contribution in [-0.4, -0.2) is 22.7 Å². The molecule has 0 unspecified atom stereocenters. The molecule has 94 valence electrons. The fraction of sp³-hybridized carbons (Fsp3) is 0.400. The molecule has 3 N–H and O–H groups in total. The summed E-state index contributed by atoms with van der Waals surface area (Å²) in [6.07, 6.45) is -2.32. The maximum Gasteiger partial charge on any atom is 0.312 e. The highest BCUT2D eigenvalue weighted by Crippen LogP contribution is 2.34. The van der Waals surface area contributed by atoms with Gasteiger partial charge in [0.2, 0.25) is 0 Å². The number of nitrogens with two attached hydrogens (primary N) is 1. The molecule has 5 nitrogen and oxygen atoms in total. The molecule has 0 bridgehead atoms. The number of aromatic nitrogens is 1. The zero-order chi connectivity index (χ0) is 13.0. The second-order valence-electron chi connectivity index (χ2n) is 3.21. The first-order chi connectivity index (χ1) is 7.97. The van der Waals surface area contributed by atoms with Gasteiger partial charge in [-0.1, -0.05) is 0 Å². The summed E-state index contributed by atoms with van der Waals surface area (Å²) in [7, 11) is 0. The average molecular weight is 246 g/mol. The molecule has 17 heavy (non-hydrogen) atoms. The molecule has 0 aromatic carbocycles. The van der Waals surface area contributed by atoms with Gasteiger partial charge >= 0.3 is 5.97 Å². The third-order valence-corrected chi connectivity index (χ3v) is 2.03. The maximum atomic E-state index is 12.6. The standard InChI is InChI=1S/C10H12F2N2O3/c1-2-17-7(15)3-6-9(16)8(10(11)12)5(13)4-14-6/h4,10,16H,2-3,13H2,1H3. The minimum Gasteiger partial charge on any atom is -0.505 e. The average Bonchev–Trinajstić information content (AvgIpc) is 2.22. The van der Waals surface area contributed by atoms with Crippen LogP contribution < -0.4 is 5.73 Å². The lowest BCUT2D eigenvalue weighted by molar-refractivity contribution is -0.142. The molecule has 0 saturated heterocycles. The molecule has 0 aliphatic rings. The van der Waals surface area contributed by atoms with Gasteiger partial charge in [-0.05, 0) is 6.92 Å². The van der Waals surface area contributed by atoms with Crippen molar-refractivity contribution in [2.45, 2.75) is 19.8 Å². The number of esters is 1. The first-order valence-corrected chi connectivity index (χ1v) is 4.87. The molecule has 0 atom stereocenters. The SMILES string of the molecule is CCOC(=O)Cc1ncc(N)c(C(F)F)c1O. The van der Waals surface area contributed by atoms with Gasteiger partial charge in [-0.25, -0.2) is 8.78 Å². The number of carbonyl (C=O) groups excluding carboxylic acids is 1. The number of nitrogen functional groups attached to an aromatic ring is 1. The van der Waals surface area contributed by atoms with Gasteiger partial charge in [-0.15, -0.1) is 0 Å². The molecule has 0 aliphatic heterocycles. The van der Waals surface area contributed by atoms with Gasteiger partial charge < -0.3 is 15.6 Å². The summed E-state index contributed by atoms with van der Waals surface area (Å²) in [4.78, 5) is 14.8. The Morgan fingerprint density at radius 2 is 2.29 bits per heavy atom. The van der Waals surface area contributed by atoms with Gasteiger partial charge in [0.1, 0.15) is 5.75 Å². The number of aromatic hydroxyl groups is 1. The van der Waals surface area contributed by atoms with Gasteiger partial charge in [0, 0.05) is 0 Å². The van der Waals surface area contributed by atoms with Crippen LogP contribution in [0.15, 0.2) is 6.20 Å². The smallest absolute Gasteiger partial charge is 0.312 e. The van der Waals surface area contributed by atoms with E-state index in [1.807, 2.05) is 0 Å². The third kappa shape index (κ3) is 3.02. The van der Waals surface area contributed by atoms with Crippen molar-refractivity contribution in [3.05, 3.63) is 17.5 Å². The molecule has 1 aromatic heterocycles. The highest BCUT2D eigenvalue weighted by molar-refractivity contribution is 5.73. The summed E-state index contributed by atoms with van der Waals surface area (Å²) in [5, 5.41) is 9.53. The summed E-state index contributed by atoms with van der Waals surface area (Å²) in [5.74, 6) is -1.41. The minimum absolute atomic E-state index is 0.163. The van der Waals surface area contributed by atoms with Crippen LogP contribution in [0.3, 0.4) is 0 Å². The van der Waals surface area contributed by atoms with Crippen molar-refractivity contribution in [2.24, 2.45) is 0 Å². The number of rotatable bonds is 4. The molecule has 0 aliphatic carbocycles. The fourth-order valence-electron chi connectivity index (χ4n) is 1.28. The number of halogens is 2. The van der Waals surface area contributed by atoms with E-state index in [0.29, 0.717) is 0 Å². The van der Waals surface area contributed by atoms with Crippen LogP contribution in [0.5, 0.6) is 5.75 Å². The quantitative estimate of drug-likeness (QED) is 0.784. The van der Waals surface area contributed by atoms with Crippen LogP contribution in [0.2, 0.25) is 0 Å². The molecule has 0 amide bonds. The summed E-state index contributed by atoms with van der Waals surface area (Å²) in [6, 6.07) is 0. The van der Waals surface area contributed by atoms with Crippen molar-refractivity contribution in [1.82, 2.24) is 4.98 Å². The Hall–Kier alpha value is -1.92. The van der Waals surface area contributed by atoms with Crippen molar-refractivity contribution >= 4 is 11.7 Å². The Morgan fingerprint density at radius 3 is 2.82 bits per heavy atom. The second-order valence-corrected chi connectivity index (χ2v) is 3.21. The van der Waals surface area contributed by atoms with E-state index in [9.17, 15) is 18.7 Å². The number of ether oxygens (including phenoxy) is 1. The molecule has 7 heteroatoms. The normalized spacial score (nSPS) is 10.6. The Morgan fingerprint density at radius 1 is 1.65 bits per heavy atom. The summed E-state index contributed by atoms with van der Waals surface area (Å²) in [5.41, 5.74) is 4.07. The molecular formula is C10H12F2N2O3. The van der Waals surface area contributed by atoms with Crippen LogP contribution in [0, 0.1) is 0 Å². The summed E-state index contributed by atoms with van der Waals surface area (Å²) < 4.78 is 29.8. The third-order valence-electron chi connectivity index (χ3n) is 2.03. The Kier molecular flexibility index (Phi) is 4.19. The largest absolute Gasteiger partial charge is 0.505 e. The highest BCUT2D eigenvalue weighted by Gasteiger charge is 2.21. The lowest BCUT2D eigenvalue weighted by Crippen LogP contribution is -2.10. The molecule has 1 rings (SSSR count). The van der Waals surface area contributed by atoms with Crippen molar-refractivity contribution in [2.75, 3.05) is 12.3 Å². The van der Waals surface area contributed by atoms with Crippen molar-refractivity contribution in [3.63, 3.8) is 0 Å². The monoisotopic (exact) mass is 246 g/mol. The Balaban J connectivity index is 3.02. The number of pyridine rings is 1. The number of alkyl halides is 2. The van der Waals surface area contributed by atoms with Crippen LogP contribution in [-0.2, 0) is 16.0 Å². The fourth-order valence-corrected chi connectivity index (χ4v) is 1.28. The molecule has 1 heterocycles. The van der Waals surface area contributed by atoms with E-state index in [2.05, 4.69) is 9.72 Å². The number of carbonyl (C=O) groups is 1. The van der Waals surface area contributed by atoms with Crippen LogP contribution in [0.1, 0.15) is 24.6 Å². The van der Waals surface area contributed by atoms with Crippen molar-refractivity contribution < 1.29 is 23.4 Å². The van der Waals surface area contributed by atoms with E-state index < -0.39 is 23.7 Å². The topological polar surface area (TPSA) is 85.4 Å². The zero-order valence-corrected chi connectivity index (χ0v) is 9.11. The number of nitrogens with zero attached hydrogens (tertiary/aromatic N) is 1. The van der Waals surface area contributed by atoms with E-state index >= 15 is 0 Å². The van der Waals surface area contributed by atoms with E-state index in [4.69, 9.17) is 5.73 Å². The molecule has 0 fully saturated rings. The van der Waals surface area contributed by atoms with Gasteiger partial charge in [0.25, 0.3) is 6.43 Å². The van der Waals surface area contributed by atoms with Crippen LogP contribution >= 0.6 is 0 Å². The molecule has 0 radical (unpaired) electrons.